The largest absolute Gasteiger partial charge is 0.337 e. The summed E-state index contributed by atoms with van der Waals surface area (Å²) in [6.45, 7) is 6.03. The van der Waals surface area contributed by atoms with Gasteiger partial charge in [-0.1, -0.05) is 44.1 Å². The third kappa shape index (κ3) is 4.57. The molecular formula is C23H25N5O5S. The Morgan fingerprint density at radius 1 is 1.12 bits per heavy atom. The minimum atomic E-state index is -3.81. The van der Waals surface area contributed by atoms with Gasteiger partial charge in [0, 0.05) is 12.1 Å². The van der Waals surface area contributed by atoms with Crippen molar-refractivity contribution in [2.24, 2.45) is 5.92 Å². The molecule has 1 atom stereocenters. The number of nitrogens with one attached hydrogen (secondary N) is 2. The van der Waals surface area contributed by atoms with Crippen molar-refractivity contribution in [3.05, 3.63) is 75.1 Å². The standard InChI is InChI=1S/C23H25N5O5S/c1-4-12-28-18-11-10-15(13-17(18)24-21(29)23(28)30)20-25-22(33-26-20)19(14(2)3)27-34(31,32)16-8-6-5-7-9-16/h5-11,13-14,19,27H,4,12H2,1-3H3,(H,24,29)/t19-/m1/s1. The molecule has 0 unspecified atom stereocenters. The summed E-state index contributed by atoms with van der Waals surface area (Å²) in [5, 5.41) is 4.02. The van der Waals surface area contributed by atoms with E-state index in [0.717, 1.165) is 0 Å². The molecule has 0 aliphatic carbocycles. The summed E-state index contributed by atoms with van der Waals surface area (Å²) in [7, 11) is -3.81. The molecule has 0 aliphatic rings. The highest BCUT2D eigenvalue weighted by molar-refractivity contribution is 7.89. The first-order chi connectivity index (χ1) is 16.2. The van der Waals surface area contributed by atoms with E-state index < -0.39 is 27.2 Å². The monoisotopic (exact) mass is 483 g/mol. The summed E-state index contributed by atoms with van der Waals surface area (Å²) < 4.78 is 35.2. The van der Waals surface area contributed by atoms with Gasteiger partial charge >= 0.3 is 11.1 Å². The van der Waals surface area contributed by atoms with E-state index >= 15 is 0 Å². The SMILES string of the molecule is CCCn1c(=O)c(=O)[nH]c2cc(-c3noc([C@H](NS(=O)(=O)c4ccccc4)C(C)C)n3)ccc21. The van der Waals surface area contributed by atoms with Gasteiger partial charge in [-0.05, 0) is 42.7 Å². The Hall–Kier alpha value is -3.57. The molecule has 0 radical (unpaired) electrons. The highest BCUT2D eigenvalue weighted by Gasteiger charge is 2.28. The van der Waals surface area contributed by atoms with Gasteiger partial charge in [0.1, 0.15) is 6.04 Å². The maximum atomic E-state index is 12.8. The van der Waals surface area contributed by atoms with Crippen molar-refractivity contribution in [3.63, 3.8) is 0 Å². The Morgan fingerprint density at radius 2 is 1.85 bits per heavy atom. The predicted octanol–water partition coefficient (Wildman–Crippen LogP) is 2.83. The van der Waals surface area contributed by atoms with Crippen LogP contribution in [0.4, 0.5) is 0 Å². The Morgan fingerprint density at radius 3 is 2.53 bits per heavy atom. The molecule has 0 bridgehead atoms. The molecule has 0 amide bonds. The van der Waals surface area contributed by atoms with Gasteiger partial charge in [0.25, 0.3) is 0 Å². The highest BCUT2D eigenvalue weighted by Crippen LogP contribution is 2.26. The molecule has 0 saturated heterocycles. The van der Waals surface area contributed by atoms with Gasteiger partial charge in [0.05, 0.1) is 15.9 Å². The van der Waals surface area contributed by atoms with Crippen LogP contribution < -0.4 is 15.8 Å². The number of hydrogen-bond acceptors (Lipinski definition) is 7. The van der Waals surface area contributed by atoms with E-state index in [1.807, 2.05) is 20.8 Å². The zero-order valence-corrected chi connectivity index (χ0v) is 19.8. The lowest BCUT2D eigenvalue weighted by Crippen LogP contribution is -2.36. The third-order valence-corrected chi connectivity index (χ3v) is 6.85. The van der Waals surface area contributed by atoms with Crippen LogP contribution in [0.5, 0.6) is 0 Å². The van der Waals surface area contributed by atoms with E-state index in [1.54, 1.807) is 36.4 Å². The van der Waals surface area contributed by atoms with E-state index in [0.29, 0.717) is 29.6 Å². The van der Waals surface area contributed by atoms with Crippen LogP contribution in [0.1, 0.15) is 39.1 Å². The van der Waals surface area contributed by atoms with Crippen molar-refractivity contribution < 1.29 is 12.9 Å². The molecule has 2 aromatic heterocycles. The number of H-pyrrole nitrogens is 1. The first kappa shape index (κ1) is 23.6. The quantitative estimate of drug-likeness (QED) is 0.367. The first-order valence-electron chi connectivity index (χ1n) is 10.9. The Balaban J connectivity index is 1.69. The van der Waals surface area contributed by atoms with Gasteiger partial charge in [-0.2, -0.15) is 9.71 Å². The maximum absolute atomic E-state index is 12.8. The normalized spacial score (nSPS) is 12.9. The van der Waals surface area contributed by atoms with Crippen LogP contribution in [0.25, 0.3) is 22.4 Å². The number of hydrogen-bond donors (Lipinski definition) is 2. The van der Waals surface area contributed by atoms with Gasteiger partial charge in [-0.25, -0.2) is 8.42 Å². The van der Waals surface area contributed by atoms with Gasteiger partial charge in [0.2, 0.25) is 21.7 Å². The second-order valence-electron chi connectivity index (χ2n) is 8.26. The van der Waals surface area contributed by atoms with Crippen molar-refractivity contribution in [2.75, 3.05) is 0 Å². The summed E-state index contributed by atoms with van der Waals surface area (Å²) in [5.41, 5.74) is 0.298. The fraction of sp³-hybridized carbons (Fsp3) is 0.304. The van der Waals surface area contributed by atoms with Crippen molar-refractivity contribution in [3.8, 4) is 11.4 Å². The zero-order chi connectivity index (χ0) is 24.5. The molecule has 178 valence electrons. The lowest BCUT2D eigenvalue weighted by atomic mass is 10.1. The molecule has 0 saturated carbocycles. The van der Waals surface area contributed by atoms with E-state index in [9.17, 15) is 18.0 Å². The second-order valence-corrected chi connectivity index (χ2v) is 9.97. The minimum absolute atomic E-state index is 0.119. The van der Waals surface area contributed by atoms with Crippen LogP contribution in [-0.2, 0) is 16.6 Å². The fourth-order valence-corrected chi connectivity index (χ4v) is 5.01. The Bertz CT molecular complexity index is 1540. The number of aromatic amines is 1. The smallest absolute Gasteiger partial charge is 0.316 e. The van der Waals surface area contributed by atoms with Crippen LogP contribution in [0.2, 0.25) is 0 Å². The number of benzene rings is 2. The second kappa shape index (κ2) is 9.35. The summed E-state index contributed by atoms with van der Waals surface area (Å²) in [4.78, 5) is 31.5. The summed E-state index contributed by atoms with van der Waals surface area (Å²) in [6, 6.07) is 12.4. The van der Waals surface area contributed by atoms with Crippen molar-refractivity contribution in [1.82, 2.24) is 24.4 Å². The summed E-state index contributed by atoms with van der Waals surface area (Å²) >= 11 is 0. The van der Waals surface area contributed by atoms with Crippen molar-refractivity contribution >= 4 is 21.1 Å². The Labute approximate surface area is 195 Å². The lowest BCUT2D eigenvalue weighted by Gasteiger charge is -2.18. The number of fused-ring (bicyclic) bond motifs is 1. The molecule has 2 heterocycles. The van der Waals surface area contributed by atoms with Gasteiger partial charge < -0.3 is 14.1 Å². The molecule has 11 heteroatoms. The van der Waals surface area contributed by atoms with Crippen LogP contribution in [0.15, 0.2) is 67.5 Å². The molecule has 10 nitrogen and oxygen atoms in total. The molecule has 0 aliphatic heterocycles. The molecule has 0 spiro atoms. The molecule has 2 N–H and O–H groups in total. The van der Waals surface area contributed by atoms with Crippen LogP contribution in [-0.4, -0.2) is 28.1 Å². The van der Waals surface area contributed by atoms with Crippen LogP contribution in [0, 0.1) is 5.92 Å². The van der Waals surface area contributed by atoms with Crippen molar-refractivity contribution in [1.29, 1.82) is 0 Å². The number of aromatic nitrogens is 4. The molecular weight excluding hydrogens is 458 g/mol. The molecule has 4 rings (SSSR count). The summed E-state index contributed by atoms with van der Waals surface area (Å²) in [6.07, 6.45) is 0.698. The van der Waals surface area contributed by atoms with Gasteiger partial charge in [0.15, 0.2) is 0 Å². The van der Waals surface area contributed by atoms with Gasteiger partial charge in [-0.15, -0.1) is 0 Å². The van der Waals surface area contributed by atoms with E-state index in [4.69, 9.17) is 4.52 Å². The number of nitrogens with zero attached hydrogens (tertiary/aromatic N) is 3. The maximum Gasteiger partial charge on any atom is 0.316 e. The molecule has 0 fully saturated rings. The molecule has 34 heavy (non-hydrogen) atoms. The topological polar surface area (TPSA) is 140 Å². The van der Waals surface area contributed by atoms with E-state index in [-0.39, 0.29) is 22.5 Å². The van der Waals surface area contributed by atoms with Crippen molar-refractivity contribution in [2.45, 2.75) is 44.7 Å². The number of aryl methyl sites for hydroxylation is 1. The number of rotatable bonds is 8. The summed E-state index contributed by atoms with van der Waals surface area (Å²) in [5.74, 6) is 0.174. The lowest BCUT2D eigenvalue weighted by molar-refractivity contribution is 0.311. The zero-order valence-electron chi connectivity index (χ0n) is 19.0. The van der Waals surface area contributed by atoms with Crippen LogP contribution in [0.3, 0.4) is 0 Å². The van der Waals surface area contributed by atoms with Gasteiger partial charge in [-0.3, -0.25) is 9.59 Å². The van der Waals surface area contributed by atoms with Crippen LogP contribution >= 0.6 is 0 Å². The average Bonchev–Trinajstić information content (AvgIpc) is 3.30. The first-order valence-corrected chi connectivity index (χ1v) is 12.4. The third-order valence-electron chi connectivity index (χ3n) is 5.39. The fourth-order valence-electron chi connectivity index (χ4n) is 3.65. The van der Waals surface area contributed by atoms with E-state index in [1.165, 1.54) is 16.7 Å². The predicted molar refractivity (Wildman–Crippen MR) is 127 cm³/mol. The minimum Gasteiger partial charge on any atom is -0.337 e. The Kier molecular flexibility index (Phi) is 6.49. The molecule has 4 aromatic rings. The molecule has 2 aromatic carbocycles. The highest BCUT2D eigenvalue weighted by atomic mass is 32.2. The van der Waals surface area contributed by atoms with E-state index in [2.05, 4.69) is 19.8 Å². The average molecular weight is 484 g/mol. The number of sulfonamides is 1.